The topological polar surface area (TPSA) is 49.4 Å². The lowest BCUT2D eigenvalue weighted by Crippen LogP contribution is -2.28. The number of para-hydroxylation sites is 1. The van der Waals surface area contributed by atoms with Gasteiger partial charge in [-0.1, -0.05) is 34.1 Å². The highest BCUT2D eigenvalue weighted by Gasteiger charge is 2.36. The van der Waals surface area contributed by atoms with Crippen molar-refractivity contribution in [2.45, 2.75) is 6.42 Å². The maximum Gasteiger partial charge on any atom is 0.229 e. The third-order valence-electron chi connectivity index (χ3n) is 3.73. The van der Waals surface area contributed by atoms with Gasteiger partial charge in [-0.25, -0.2) is 4.39 Å². The Hall–Kier alpha value is -2.21. The number of nitrogens with zero attached hydrogens (tertiary/aromatic N) is 1. The van der Waals surface area contributed by atoms with E-state index in [4.69, 9.17) is 0 Å². The van der Waals surface area contributed by atoms with Crippen LogP contribution in [0.15, 0.2) is 53.0 Å². The minimum absolute atomic E-state index is 0.0776. The fourth-order valence-corrected chi connectivity index (χ4v) is 3.00. The number of carbonyl (C=O) groups excluding carboxylic acids is 2. The van der Waals surface area contributed by atoms with Crippen LogP contribution in [0, 0.1) is 11.7 Å². The largest absolute Gasteiger partial charge is 0.326 e. The van der Waals surface area contributed by atoms with E-state index in [-0.39, 0.29) is 30.5 Å². The summed E-state index contributed by atoms with van der Waals surface area (Å²) < 4.78 is 14.7. The van der Waals surface area contributed by atoms with E-state index in [0.717, 1.165) is 4.47 Å². The van der Waals surface area contributed by atoms with Gasteiger partial charge in [0.1, 0.15) is 5.82 Å². The number of carbonyl (C=O) groups is 2. The number of benzene rings is 2. The maximum atomic E-state index is 13.8. The van der Waals surface area contributed by atoms with E-state index in [9.17, 15) is 14.0 Å². The summed E-state index contributed by atoms with van der Waals surface area (Å²) in [4.78, 5) is 25.8. The van der Waals surface area contributed by atoms with Crippen LogP contribution in [-0.4, -0.2) is 18.4 Å². The van der Waals surface area contributed by atoms with E-state index in [0.29, 0.717) is 5.69 Å². The number of hydrogen-bond donors (Lipinski definition) is 1. The van der Waals surface area contributed by atoms with Gasteiger partial charge in [0, 0.05) is 23.1 Å². The van der Waals surface area contributed by atoms with E-state index in [1.165, 1.54) is 11.0 Å². The molecule has 1 fully saturated rings. The summed E-state index contributed by atoms with van der Waals surface area (Å²) in [6.45, 7) is 0.180. The average Bonchev–Trinajstić information content (AvgIpc) is 2.90. The first-order valence-electron chi connectivity index (χ1n) is 7.16. The molecule has 2 aromatic carbocycles. The van der Waals surface area contributed by atoms with E-state index in [1.807, 2.05) is 12.1 Å². The minimum Gasteiger partial charge on any atom is -0.326 e. The Morgan fingerprint density at radius 1 is 1.22 bits per heavy atom. The second kappa shape index (κ2) is 6.50. The fourth-order valence-electron chi connectivity index (χ4n) is 2.60. The number of amides is 2. The van der Waals surface area contributed by atoms with Crippen molar-refractivity contribution >= 4 is 39.1 Å². The molecule has 23 heavy (non-hydrogen) atoms. The molecule has 1 N–H and O–H groups in total. The highest BCUT2D eigenvalue weighted by Crippen LogP contribution is 2.28. The van der Waals surface area contributed by atoms with Crippen molar-refractivity contribution in [3.8, 4) is 0 Å². The molecule has 0 unspecified atom stereocenters. The molecule has 6 heteroatoms. The molecule has 1 aliphatic heterocycles. The summed E-state index contributed by atoms with van der Waals surface area (Å²) in [6.07, 6.45) is 0.0776. The fraction of sp³-hybridized carbons (Fsp3) is 0.176. The zero-order chi connectivity index (χ0) is 16.4. The molecular formula is C17H14BrFN2O2. The maximum absolute atomic E-state index is 13.8. The third-order valence-corrected chi connectivity index (χ3v) is 4.22. The van der Waals surface area contributed by atoms with Gasteiger partial charge < -0.3 is 10.2 Å². The van der Waals surface area contributed by atoms with Crippen molar-refractivity contribution in [3.05, 3.63) is 58.8 Å². The molecule has 0 radical (unpaired) electrons. The zero-order valence-corrected chi connectivity index (χ0v) is 13.7. The minimum atomic E-state index is -0.499. The van der Waals surface area contributed by atoms with Crippen molar-refractivity contribution in [3.63, 3.8) is 0 Å². The Labute approximate surface area is 141 Å². The predicted octanol–water partition coefficient (Wildman–Crippen LogP) is 3.58. The van der Waals surface area contributed by atoms with Crippen LogP contribution in [0.5, 0.6) is 0 Å². The molecule has 0 saturated carbocycles. The first-order valence-corrected chi connectivity index (χ1v) is 7.95. The lowest BCUT2D eigenvalue weighted by atomic mass is 10.1. The summed E-state index contributed by atoms with van der Waals surface area (Å²) in [5.74, 6) is -1.45. The summed E-state index contributed by atoms with van der Waals surface area (Å²) >= 11 is 3.34. The Bertz CT molecular complexity index is 766. The van der Waals surface area contributed by atoms with E-state index in [2.05, 4.69) is 21.2 Å². The monoisotopic (exact) mass is 376 g/mol. The molecule has 2 amide bonds. The first kappa shape index (κ1) is 15.7. The molecule has 0 spiro atoms. The zero-order valence-electron chi connectivity index (χ0n) is 12.1. The molecule has 0 aromatic heterocycles. The molecule has 4 nitrogen and oxygen atoms in total. The Morgan fingerprint density at radius 3 is 2.74 bits per heavy atom. The van der Waals surface area contributed by atoms with Crippen LogP contribution in [0.2, 0.25) is 0 Å². The second-order valence-electron chi connectivity index (χ2n) is 5.36. The molecule has 0 bridgehead atoms. The molecule has 0 aliphatic carbocycles. The van der Waals surface area contributed by atoms with Gasteiger partial charge in [-0.15, -0.1) is 0 Å². The van der Waals surface area contributed by atoms with Crippen molar-refractivity contribution in [2.75, 3.05) is 16.8 Å². The third kappa shape index (κ3) is 3.42. The number of rotatable bonds is 3. The number of halogens is 2. The van der Waals surface area contributed by atoms with Gasteiger partial charge >= 0.3 is 0 Å². The Kier molecular flexibility index (Phi) is 4.43. The average molecular weight is 377 g/mol. The molecule has 3 rings (SSSR count). The summed E-state index contributed by atoms with van der Waals surface area (Å²) in [5.41, 5.74) is 0.872. The van der Waals surface area contributed by atoms with Crippen LogP contribution < -0.4 is 10.2 Å². The van der Waals surface area contributed by atoms with Crippen LogP contribution in [0.25, 0.3) is 0 Å². The number of anilines is 2. The molecule has 1 aliphatic rings. The Balaban J connectivity index is 1.72. The standard InChI is InChI=1S/C17H14BrFN2O2/c18-12-4-3-5-13(9-12)20-17(23)11-8-16(22)21(10-11)15-7-2-1-6-14(15)19/h1-7,9,11H,8,10H2,(H,20,23)/t11-/m1/s1. The first-order chi connectivity index (χ1) is 11.0. The molecule has 2 aromatic rings. The van der Waals surface area contributed by atoms with E-state index >= 15 is 0 Å². The van der Waals surface area contributed by atoms with Crippen molar-refractivity contribution in [1.29, 1.82) is 0 Å². The van der Waals surface area contributed by atoms with Crippen LogP contribution in [-0.2, 0) is 9.59 Å². The van der Waals surface area contributed by atoms with Crippen LogP contribution in [0.3, 0.4) is 0 Å². The van der Waals surface area contributed by atoms with Crippen LogP contribution >= 0.6 is 15.9 Å². The van der Waals surface area contributed by atoms with Gasteiger partial charge in [0.2, 0.25) is 11.8 Å². The van der Waals surface area contributed by atoms with Crippen molar-refractivity contribution in [1.82, 2.24) is 0 Å². The van der Waals surface area contributed by atoms with Crippen molar-refractivity contribution in [2.24, 2.45) is 5.92 Å². The van der Waals surface area contributed by atoms with Crippen LogP contribution in [0.4, 0.5) is 15.8 Å². The summed E-state index contributed by atoms with van der Waals surface area (Å²) in [5, 5.41) is 2.79. The van der Waals surface area contributed by atoms with Gasteiger partial charge in [0.15, 0.2) is 0 Å². The van der Waals surface area contributed by atoms with Gasteiger partial charge in [0.05, 0.1) is 11.6 Å². The van der Waals surface area contributed by atoms with E-state index in [1.54, 1.807) is 30.3 Å². The lowest BCUT2D eigenvalue weighted by molar-refractivity contribution is -0.122. The normalized spacial score (nSPS) is 17.4. The van der Waals surface area contributed by atoms with Crippen LogP contribution in [0.1, 0.15) is 6.42 Å². The predicted molar refractivity (Wildman–Crippen MR) is 89.6 cm³/mol. The number of hydrogen-bond acceptors (Lipinski definition) is 2. The Morgan fingerprint density at radius 2 is 2.00 bits per heavy atom. The molecule has 1 saturated heterocycles. The second-order valence-corrected chi connectivity index (χ2v) is 6.27. The highest BCUT2D eigenvalue weighted by molar-refractivity contribution is 9.10. The molecule has 1 heterocycles. The van der Waals surface area contributed by atoms with Crippen molar-refractivity contribution < 1.29 is 14.0 Å². The molecule has 1 atom stereocenters. The highest BCUT2D eigenvalue weighted by atomic mass is 79.9. The summed E-state index contributed by atoms with van der Waals surface area (Å²) in [6, 6.07) is 13.3. The smallest absolute Gasteiger partial charge is 0.229 e. The SMILES string of the molecule is O=C(Nc1cccc(Br)c1)[C@@H]1CC(=O)N(c2ccccc2F)C1. The van der Waals surface area contributed by atoms with E-state index < -0.39 is 11.7 Å². The van der Waals surface area contributed by atoms with Gasteiger partial charge in [0.25, 0.3) is 0 Å². The summed E-state index contributed by atoms with van der Waals surface area (Å²) in [7, 11) is 0. The lowest BCUT2D eigenvalue weighted by Gasteiger charge is -2.17. The molecule has 118 valence electrons. The van der Waals surface area contributed by atoms with Gasteiger partial charge in [-0.05, 0) is 30.3 Å². The molecular weight excluding hydrogens is 363 g/mol. The van der Waals surface area contributed by atoms with Gasteiger partial charge in [-0.2, -0.15) is 0 Å². The van der Waals surface area contributed by atoms with Gasteiger partial charge in [-0.3, -0.25) is 9.59 Å². The quantitative estimate of drug-likeness (QED) is 0.889. The number of nitrogens with one attached hydrogen (secondary N) is 1.